The first kappa shape index (κ1) is 13.4. The van der Waals surface area contributed by atoms with Crippen molar-refractivity contribution in [1.29, 1.82) is 0 Å². The van der Waals surface area contributed by atoms with Gasteiger partial charge in [-0.15, -0.1) is 0 Å². The van der Waals surface area contributed by atoms with Gasteiger partial charge in [0.05, 0.1) is 0 Å². The highest BCUT2D eigenvalue weighted by atomic mass is 15.2. The molecule has 2 rings (SSSR count). The van der Waals surface area contributed by atoms with Crippen LogP contribution in [0.1, 0.15) is 46.1 Å². The smallest absolute Gasteiger partial charge is 0.0414 e. The van der Waals surface area contributed by atoms with E-state index >= 15 is 0 Å². The summed E-state index contributed by atoms with van der Waals surface area (Å²) in [5, 5.41) is 3.59. The van der Waals surface area contributed by atoms with Crippen molar-refractivity contribution in [1.82, 2.24) is 5.32 Å². The van der Waals surface area contributed by atoms with Crippen LogP contribution in [-0.2, 0) is 6.54 Å². The summed E-state index contributed by atoms with van der Waals surface area (Å²) in [6, 6.07) is 9.59. The van der Waals surface area contributed by atoms with E-state index in [-0.39, 0.29) is 5.54 Å². The van der Waals surface area contributed by atoms with Crippen LogP contribution >= 0.6 is 0 Å². The van der Waals surface area contributed by atoms with Crippen molar-refractivity contribution < 1.29 is 0 Å². The van der Waals surface area contributed by atoms with Gasteiger partial charge in [0.25, 0.3) is 0 Å². The van der Waals surface area contributed by atoms with Gasteiger partial charge in [-0.05, 0) is 52.2 Å². The SMILES string of the molecule is CCN(c1ccccc1CNC(C)(C)C)C1CC1. The molecule has 0 amide bonds. The van der Waals surface area contributed by atoms with Gasteiger partial charge in [-0.2, -0.15) is 0 Å². The summed E-state index contributed by atoms with van der Waals surface area (Å²) in [6.07, 6.45) is 2.71. The summed E-state index contributed by atoms with van der Waals surface area (Å²) in [5.41, 5.74) is 3.00. The van der Waals surface area contributed by atoms with Crippen molar-refractivity contribution in [3.05, 3.63) is 29.8 Å². The van der Waals surface area contributed by atoms with Crippen LogP contribution in [0.2, 0.25) is 0 Å². The first-order valence-electron chi connectivity index (χ1n) is 7.11. The van der Waals surface area contributed by atoms with Crippen LogP contribution < -0.4 is 10.2 Å². The Hall–Kier alpha value is -1.02. The number of anilines is 1. The molecule has 2 nitrogen and oxygen atoms in total. The van der Waals surface area contributed by atoms with Crippen LogP contribution in [0.3, 0.4) is 0 Å². The van der Waals surface area contributed by atoms with E-state index < -0.39 is 0 Å². The lowest BCUT2D eigenvalue weighted by atomic mass is 10.1. The third-order valence-corrected chi connectivity index (χ3v) is 3.44. The molecule has 100 valence electrons. The molecule has 1 N–H and O–H groups in total. The molecule has 2 heteroatoms. The van der Waals surface area contributed by atoms with E-state index in [4.69, 9.17) is 0 Å². The molecular weight excluding hydrogens is 220 g/mol. The van der Waals surface area contributed by atoms with Crippen molar-refractivity contribution in [3.8, 4) is 0 Å². The van der Waals surface area contributed by atoms with E-state index in [0.717, 1.165) is 19.1 Å². The van der Waals surface area contributed by atoms with Gasteiger partial charge in [-0.25, -0.2) is 0 Å². The zero-order valence-electron chi connectivity index (χ0n) is 12.2. The molecule has 1 saturated carbocycles. The second-order valence-corrected chi connectivity index (χ2v) is 6.25. The van der Waals surface area contributed by atoms with Gasteiger partial charge in [0, 0.05) is 30.4 Å². The Bertz CT molecular complexity index is 388. The highest BCUT2D eigenvalue weighted by Crippen LogP contribution is 2.33. The fourth-order valence-electron chi connectivity index (χ4n) is 2.31. The average Bonchev–Trinajstić information content (AvgIpc) is 3.12. The number of nitrogens with one attached hydrogen (secondary N) is 1. The predicted octanol–water partition coefficient (Wildman–Crippen LogP) is 3.56. The Labute approximate surface area is 111 Å². The summed E-state index contributed by atoms with van der Waals surface area (Å²) < 4.78 is 0. The standard InChI is InChI=1S/C16H26N2/c1-5-18(14-10-11-14)15-9-7-6-8-13(15)12-17-16(2,3)4/h6-9,14,17H,5,10-12H2,1-4H3. The lowest BCUT2D eigenvalue weighted by Crippen LogP contribution is -2.36. The number of hydrogen-bond donors (Lipinski definition) is 1. The third-order valence-electron chi connectivity index (χ3n) is 3.44. The number of hydrogen-bond acceptors (Lipinski definition) is 2. The van der Waals surface area contributed by atoms with Crippen molar-refractivity contribution in [2.75, 3.05) is 11.4 Å². The Morgan fingerprint density at radius 3 is 2.44 bits per heavy atom. The summed E-state index contributed by atoms with van der Waals surface area (Å²) in [7, 11) is 0. The molecule has 0 atom stereocenters. The molecule has 18 heavy (non-hydrogen) atoms. The molecule has 0 radical (unpaired) electrons. The zero-order chi connectivity index (χ0) is 13.2. The van der Waals surface area contributed by atoms with E-state index in [0.29, 0.717) is 0 Å². The largest absolute Gasteiger partial charge is 0.369 e. The first-order chi connectivity index (χ1) is 8.51. The molecule has 1 aromatic rings. The number of para-hydroxylation sites is 1. The number of rotatable bonds is 5. The van der Waals surface area contributed by atoms with Crippen LogP contribution in [0.5, 0.6) is 0 Å². The molecule has 0 unspecified atom stereocenters. The second-order valence-electron chi connectivity index (χ2n) is 6.25. The Morgan fingerprint density at radius 1 is 1.22 bits per heavy atom. The minimum Gasteiger partial charge on any atom is -0.369 e. The molecular formula is C16H26N2. The van der Waals surface area contributed by atoms with E-state index in [1.165, 1.54) is 24.1 Å². The molecule has 0 aromatic heterocycles. The molecule has 0 bridgehead atoms. The van der Waals surface area contributed by atoms with Gasteiger partial charge in [-0.3, -0.25) is 0 Å². The third kappa shape index (κ3) is 3.49. The molecule has 1 aliphatic carbocycles. The average molecular weight is 246 g/mol. The van der Waals surface area contributed by atoms with E-state index in [1.807, 2.05) is 0 Å². The topological polar surface area (TPSA) is 15.3 Å². The zero-order valence-corrected chi connectivity index (χ0v) is 12.2. The number of nitrogens with zero attached hydrogens (tertiary/aromatic N) is 1. The molecule has 0 spiro atoms. The molecule has 0 aliphatic heterocycles. The highest BCUT2D eigenvalue weighted by Gasteiger charge is 2.29. The molecule has 1 aliphatic rings. The summed E-state index contributed by atoms with van der Waals surface area (Å²) in [4.78, 5) is 2.56. The Morgan fingerprint density at radius 2 is 1.89 bits per heavy atom. The minimum atomic E-state index is 0.170. The van der Waals surface area contributed by atoms with Gasteiger partial charge in [-0.1, -0.05) is 18.2 Å². The van der Waals surface area contributed by atoms with E-state index in [2.05, 4.69) is 62.2 Å². The second kappa shape index (κ2) is 5.31. The summed E-state index contributed by atoms with van der Waals surface area (Å²) >= 11 is 0. The fraction of sp³-hybridized carbons (Fsp3) is 0.625. The van der Waals surface area contributed by atoms with Gasteiger partial charge in [0.15, 0.2) is 0 Å². The molecule has 1 fully saturated rings. The van der Waals surface area contributed by atoms with Gasteiger partial charge < -0.3 is 10.2 Å². The lowest BCUT2D eigenvalue weighted by Gasteiger charge is -2.27. The monoisotopic (exact) mass is 246 g/mol. The fourth-order valence-corrected chi connectivity index (χ4v) is 2.31. The van der Waals surface area contributed by atoms with Gasteiger partial charge in [0.2, 0.25) is 0 Å². The van der Waals surface area contributed by atoms with Gasteiger partial charge in [0.1, 0.15) is 0 Å². The Balaban J connectivity index is 2.14. The van der Waals surface area contributed by atoms with E-state index in [1.54, 1.807) is 0 Å². The predicted molar refractivity (Wildman–Crippen MR) is 79.1 cm³/mol. The Kier molecular flexibility index (Phi) is 3.96. The van der Waals surface area contributed by atoms with Gasteiger partial charge >= 0.3 is 0 Å². The maximum atomic E-state index is 3.59. The summed E-state index contributed by atoms with van der Waals surface area (Å²) in [6.45, 7) is 11.0. The lowest BCUT2D eigenvalue weighted by molar-refractivity contribution is 0.424. The maximum Gasteiger partial charge on any atom is 0.0414 e. The van der Waals surface area contributed by atoms with Crippen LogP contribution in [0, 0.1) is 0 Å². The van der Waals surface area contributed by atoms with Crippen LogP contribution in [0.25, 0.3) is 0 Å². The van der Waals surface area contributed by atoms with Crippen molar-refractivity contribution in [3.63, 3.8) is 0 Å². The first-order valence-corrected chi connectivity index (χ1v) is 7.11. The summed E-state index contributed by atoms with van der Waals surface area (Å²) in [5.74, 6) is 0. The normalized spacial score (nSPS) is 15.8. The van der Waals surface area contributed by atoms with E-state index in [9.17, 15) is 0 Å². The van der Waals surface area contributed by atoms with Crippen LogP contribution in [0.15, 0.2) is 24.3 Å². The maximum absolute atomic E-state index is 3.59. The van der Waals surface area contributed by atoms with Crippen molar-refractivity contribution in [2.24, 2.45) is 0 Å². The minimum absolute atomic E-state index is 0.170. The highest BCUT2D eigenvalue weighted by molar-refractivity contribution is 5.55. The molecule has 1 aromatic carbocycles. The van der Waals surface area contributed by atoms with Crippen molar-refractivity contribution >= 4 is 5.69 Å². The molecule has 0 heterocycles. The quantitative estimate of drug-likeness (QED) is 0.854. The van der Waals surface area contributed by atoms with Crippen molar-refractivity contribution in [2.45, 2.75) is 58.7 Å². The van der Waals surface area contributed by atoms with Crippen LogP contribution in [0.4, 0.5) is 5.69 Å². The van der Waals surface area contributed by atoms with Crippen LogP contribution in [-0.4, -0.2) is 18.1 Å². The molecule has 0 saturated heterocycles. The number of benzene rings is 1.